The van der Waals surface area contributed by atoms with Gasteiger partial charge in [-0.15, -0.1) is 0 Å². The molecular formula is C25H26Cl2N4O4. The maximum absolute atomic E-state index is 13.7. The Morgan fingerprint density at radius 1 is 0.943 bits per heavy atom. The van der Waals surface area contributed by atoms with Crippen LogP contribution in [0.15, 0.2) is 41.2 Å². The number of urea groups is 1. The Balaban J connectivity index is 1.52. The summed E-state index contributed by atoms with van der Waals surface area (Å²) in [5, 5.41) is 0.819. The van der Waals surface area contributed by atoms with Gasteiger partial charge >= 0.3 is 6.03 Å². The number of halogens is 2. The van der Waals surface area contributed by atoms with E-state index < -0.39 is 23.3 Å². The molecule has 2 bridgehead atoms. The van der Waals surface area contributed by atoms with Crippen LogP contribution >= 0.6 is 23.2 Å². The molecule has 2 aromatic rings. The molecule has 8 nitrogen and oxygen atoms in total. The van der Waals surface area contributed by atoms with Crippen LogP contribution in [0.1, 0.15) is 23.6 Å². The molecule has 0 radical (unpaired) electrons. The van der Waals surface area contributed by atoms with Crippen molar-refractivity contribution >= 4 is 41.0 Å². The van der Waals surface area contributed by atoms with E-state index in [1.807, 2.05) is 10.6 Å². The molecule has 0 spiro atoms. The summed E-state index contributed by atoms with van der Waals surface area (Å²) in [6.07, 6.45) is 1.00. The van der Waals surface area contributed by atoms with E-state index in [2.05, 4.69) is 4.90 Å². The third-order valence-electron chi connectivity index (χ3n) is 7.56. The molecule has 35 heavy (non-hydrogen) atoms. The minimum absolute atomic E-state index is 0.00102. The lowest BCUT2D eigenvalue weighted by molar-refractivity contribution is -0.159. The highest BCUT2D eigenvalue weighted by Gasteiger charge is 2.56. The van der Waals surface area contributed by atoms with E-state index >= 15 is 0 Å². The monoisotopic (exact) mass is 516 g/mol. The highest BCUT2D eigenvalue weighted by molar-refractivity contribution is 6.35. The van der Waals surface area contributed by atoms with Crippen LogP contribution in [0, 0.1) is 11.3 Å². The van der Waals surface area contributed by atoms with Gasteiger partial charge in [0.25, 0.3) is 5.56 Å². The molecule has 5 rings (SSSR count). The van der Waals surface area contributed by atoms with Crippen LogP contribution in [0.5, 0.6) is 0 Å². The van der Waals surface area contributed by atoms with Gasteiger partial charge in [0, 0.05) is 68.0 Å². The molecule has 0 saturated carbocycles. The number of piperidine rings is 1. The third-order valence-corrected chi connectivity index (χ3v) is 8.15. The first-order valence-corrected chi connectivity index (χ1v) is 12.3. The van der Waals surface area contributed by atoms with Crippen molar-refractivity contribution in [1.29, 1.82) is 0 Å². The highest BCUT2D eigenvalue weighted by Crippen LogP contribution is 2.40. The standard InChI is InChI=1S/C25H26Cl2N4O4/c1-28-22(33)25(23(34)29(2)24(28)35,10-16-6-7-18(26)9-19(16)27)14-30-11-15-8-17(13-30)20-4-3-5-21(32)31(20)12-15/h3-7,9,15,17H,8,10-14H2,1-2H3/t15-,17?/m0/s1. The van der Waals surface area contributed by atoms with E-state index in [0.717, 1.165) is 21.9 Å². The Morgan fingerprint density at radius 3 is 2.34 bits per heavy atom. The topological polar surface area (TPSA) is 82.9 Å². The average Bonchev–Trinajstić information content (AvgIpc) is 2.82. The van der Waals surface area contributed by atoms with E-state index in [-0.39, 0.29) is 30.4 Å². The third kappa shape index (κ3) is 3.97. The zero-order chi connectivity index (χ0) is 25.1. The van der Waals surface area contributed by atoms with Gasteiger partial charge in [0.05, 0.1) is 0 Å². The number of carbonyl (C=O) groups is 3. The van der Waals surface area contributed by atoms with Gasteiger partial charge in [0.15, 0.2) is 0 Å². The maximum atomic E-state index is 13.7. The first-order valence-electron chi connectivity index (χ1n) is 11.6. The number of fused-ring (bicyclic) bond motifs is 4. The fraction of sp³-hybridized carbons (Fsp3) is 0.440. The van der Waals surface area contributed by atoms with Crippen LogP contribution in [0.25, 0.3) is 0 Å². The molecular weight excluding hydrogens is 491 g/mol. The molecule has 1 aromatic carbocycles. The fourth-order valence-electron chi connectivity index (χ4n) is 5.97. The smallest absolute Gasteiger partial charge is 0.312 e. The molecule has 184 valence electrons. The number of hydrogen-bond donors (Lipinski definition) is 0. The lowest BCUT2D eigenvalue weighted by atomic mass is 9.75. The van der Waals surface area contributed by atoms with Crippen molar-refractivity contribution in [3.8, 4) is 0 Å². The van der Waals surface area contributed by atoms with Crippen molar-refractivity contribution in [1.82, 2.24) is 19.3 Å². The molecule has 2 atom stereocenters. The summed E-state index contributed by atoms with van der Waals surface area (Å²) in [6, 6.07) is 9.66. The Kier molecular flexibility index (Phi) is 6.02. The van der Waals surface area contributed by atoms with E-state index in [0.29, 0.717) is 35.2 Å². The minimum atomic E-state index is -1.52. The van der Waals surface area contributed by atoms with Crippen molar-refractivity contribution in [2.45, 2.75) is 25.3 Å². The Morgan fingerprint density at radius 2 is 1.66 bits per heavy atom. The van der Waals surface area contributed by atoms with Gasteiger partial charge in [-0.2, -0.15) is 0 Å². The zero-order valence-corrected chi connectivity index (χ0v) is 21.1. The van der Waals surface area contributed by atoms with E-state index in [1.165, 1.54) is 14.1 Å². The number of imide groups is 2. The fourth-order valence-corrected chi connectivity index (χ4v) is 6.45. The van der Waals surface area contributed by atoms with Gasteiger partial charge in [-0.3, -0.25) is 24.2 Å². The largest absolute Gasteiger partial charge is 0.332 e. The second kappa shape index (κ2) is 8.76. The van der Waals surface area contributed by atoms with E-state index in [1.54, 1.807) is 30.3 Å². The molecule has 0 aliphatic carbocycles. The van der Waals surface area contributed by atoms with Gasteiger partial charge in [-0.1, -0.05) is 35.3 Å². The molecule has 1 unspecified atom stereocenters. The van der Waals surface area contributed by atoms with Gasteiger partial charge < -0.3 is 9.47 Å². The summed E-state index contributed by atoms with van der Waals surface area (Å²) in [5.41, 5.74) is 0.0810. The van der Waals surface area contributed by atoms with Crippen LogP contribution < -0.4 is 5.56 Å². The number of aromatic nitrogens is 1. The van der Waals surface area contributed by atoms with Gasteiger partial charge in [0.1, 0.15) is 5.41 Å². The number of pyridine rings is 1. The van der Waals surface area contributed by atoms with Crippen molar-refractivity contribution in [3.63, 3.8) is 0 Å². The number of likely N-dealkylation sites (tertiary alicyclic amines) is 1. The Hall–Kier alpha value is -2.68. The lowest BCUT2D eigenvalue weighted by Crippen LogP contribution is -2.67. The second-order valence-corrected chi connectivity index (χ2v) is 10.7. The molecule has 4 amide bonds. The summed E-state index contributed by atoms with van der Waals surface area (Å²) in [5.74, 6) is -0.727. The number of rotatable bonds is 4. The first kappa shape index (κ1) is 24.0. The second-order valence-electron chi connectivity index (χ2n) is 9.90. The SMILES string of the molecule is CN1C(=O)N(C)C(=O)C(Cc2ccc(Cl)cc2Cl)(CN2CC3C[C@@H](C2)Cn2c3cccc2=O)C1=O. The van der Waals surface area contributed by atoms with Gasteiger partial charge in [-0.25, -0.2) is 4.79 Å². The van der Waals surface area contributed by atoms with Gasteiger partial charge in [0.2, 0.25) is 11.8 Å². The highest BCUT2D eigenvalue weighted by atomic mass is 35.5. The molecule has 10 heteroatoms. The van der Waals surface area contributed by atoms with Crippen molar-refractivity contribution in [3.05, 3.63) is 68.1 Å². The van der Waals surface area contributed by atoms with Crippen LogP contribution in [-0.2, 0) is 22.6 Å². The predicted octanol–water partition coefficient (Wildman–Crippen LogP) is 2.85. The normalized spacial score (nSPS) is 24.1. The molecule has 2 fully saturated rings. The Bertz CT molecular complexity index is 1270. The summed E-state index contributed by atoms with van der Waals surface area (Å²) in [6.45, 7) is 2.02. The number of hydrogen-bond acceptors (Lipinski definition) is 5. The lowest BCUT2D eigenvalue weighted by Gasteiger charge is -2.48. The summed E-state index contributed by atoms with van der Waals surface area (Å²) < 4.78 is 1.84. The quantitative estimate of drug-likeness (QED) is 0.583. The van der Waals surface area contributed by atoms with Crippen LogP contribution in [0.4, 0.5) is 4.79 Å². The molecule has 1 aromatic heterocycles. The summed E-state index contributed by atoms with van der Waals surface area (Å²) in [4.78, 5) is 56.5. The molecule has 3 aliphatic rings. The van der Waals surface area contributed by atoms with Crippen LogP contribution in [-0.4, -0.2) is 70.8 Å². The molecule has 0 N–H and O–H groups in total. The average molecular weight is 517 g/mol. The number of carbonyl (C=O) groups excluding carboxylic acids is 3. The predicted molar refractivity (Wildman–Crippen MR) is 132 cm³/mol. The molecule has 3 aliphatic heterocycles. The van der Waals surface area contributed by atoms with E-state index in [9.17, 15) is 19.2 Å². The molecule has 4 heterocycles. The van der Waals surface area contributed by atoms with E-state index in [4.69, 9.17) is 23.2 Å². The summed E-state index contributed by atoms with van der Waals surface area (Å²) in [7, 11) is 2.80. The first-order chi connectivity index (χ1) is 16.6. The number of barbiturate groups is 1. The van der Waals surface area contributed by atoms with Crippen molar-refractivity contribution < 1.29 is 14.4 Å². The van der Waals surface area contributed by atoms with Crippen molar-refractivity contribution in [2.24, 2.45) is 11.3 Å². The van der Waals surface area contributed by atoms with Crippen LogP contribution in [0.3, 0.4) is 0 Å². The Labute approximate surface area is 213 Å². The maximum Gasteiger partial charge on any atom is 0.332 e. The zero-order valence-electron chi connectivity index (χ0n) is 19.5. The van der Waals surface area contributed by atoms with Crippen LogP contribution in [0.2, 0.25) is 10.0 Å². The van der Waals surface area contributed by atoms with Crippen molar-refractivity contribution in [2.75, 3.05) is 33.7 Å². The summed E-state index contributed by atoms with van der Waals surface area (Å²) >= 11 is 12.5. The minimum Gasteiger partial charge on any atom is -0.312 e. The molecule has 2 saturated heterocycles. The number of amides is 4. The number of benzene rings is 1. The van der Waals surface area contributed by atoms with Gasteiger partial charge in [-0.05, 0) is 42.5 Å². The number of nitrogens with zero attached hydrogens (tertiary/aromatic N) is 4.